The number of furan rings is 1. The van der Waals surface area contributed by atoms with Crippen molar-refractivity contribution in [2.45, 2.75) is 26.4 Å². The largest absolute Gasteiger partial charge is 0.457 e. The van der Waals surface area contributed by atoms with Gasteiger partial charge in [0.15, 0.2) is 4.67 Å². The van der Waals surface area contributed by atoms with Gasteiger partial charge < -0.3 is 15.1 Å². The van der Waals surface area contributed by atoms with Gasteiger partial charge >= 0.3 is 6.03 Å². The van der Waals surface area contributed by atoms with Gasteiger partial charge in [0.05, 0.1) is 6.26 Å². The van der Waals surface area contributed by atoms with Crippen molar-refractivity contribution in [2.75, 3.05) is 0 Å². The van der Waals surface area contributed by atoms with E-state index in [1.54, 1.807) is 6.26 Å². The summed E-state index contributed by atoms with van der Waals surface area (Å²) in [6.45, 7) is 4.29. The Morgan fingerprint density at radius 2 is 2.36 bits per heavy atom. The smallest absolute Gasteiger partial charge is 0.315 e. The van der Waals surface area contributed by atoms with Gasteiger partial charge in [-0.25, -0.2) is 4.79 Å². The van der Waals surface area contributed by atoms with Gasteiger partial charge in [0.2, 0.25) is 0 Å². The van der Waals surface area contributed by atoms with E-state index in [1.807, 2.05) is 19.9 Å². The second-order valence-corrected chi connectivity index (χ2v) is 4.02. The van der Waals surface area contributed by atoms with Crippen molar-refractivity contribution in [1.29, 1.82) is 0 Å². The molecule has 0 bridgehead atoms. The molecule has 0 aliphatic heterocycles. The van der Waals surface area contributed by atoms with Crippen LogP contribution in [0.2, 0.25) is 0 Å². The zero-order chi connectivity index (χ0) is 10.6. The summed E-state index contributed by atoms with van der Waals surface area (Å²) in [5.74, 6) is 0. The maximum atomic E-state index is 11.2. The molecule has 14 heavy (non-hydrogen) atoms. The third kappa shape index (κ3) is 3.83. The highest BCUT2D eigenvalue weighted by molar-refractivity contribution is 9.10. The van der Waals surface area contributed by atoms with E-state index in [2.05, 4.69) is 26.6 Å². The molecule has 1 rings (SSSR count). The van der Waals surface area contributed by atoms with Crippen LogP contribution >= 0.6 is 15.9 Å². The summed E-state index contributed by atoms with van der Waals surface area (Å²) in [5, 5.41) is 5.44. The lowest BCUT2D eigenvalue weighted by Crippen LogP contribution is -2.38. The van der Waals surface area contributed by atoms with Crippen molar-refractivity contribution in [3.8, 4) is 0 Å². The molecule has 0 spiro atoms. The molecule has 0 aromatic carbocycles. The lowest BCUT2D eigenvalue weighted by Gasteiger charge is -2.08. The van der Waals surface area contributed by atoms with E-state index in [-0.39, 0.29) is 12.1 Å². The molecule has 78 valence electrons. The van der Waals surface area contributed by atoms with Crippen molar-refractivity contribution in [2.24, 2.45) is 0 Å². The fraction of sp³-hybridized carbons (Fsp3) is 0.444. The van der Waals surface area contributed by atoms with Crippen LogP contribution in [-0.2, 0) is 6.54 Å². The summed E-state index contributed by atoms with van der Waals surface area (Å²) in [7, 11) is 0. The zero-order valence-electron chi connectivity index (χ0n) is 8.13. The van der Waals surface area contributed by atoms with Gasteiger partial charge in [0, 0.05) is 18.2 Å². The quantitative estimate of drug-likeness (QED) is 0.876. The van der Waals surface area contributed by atoms with Crippen LogP contribution in [0.5, 0.6) is 0 Å². The summed E-state index contributed by atoms with van der Waals surface area (Å²) in [5.41, 5.74) is 0.927. The summed E-state index contributed by atoms with van der Waals surface area (Å²) >= 11 is 3.18. The van der Waals surface area contributed by atoms with Crippen LogP contribution in [0.25, 0.3) is 0 Å². The first-order valence-corrected chi connectivity index (χ1v) is 5.14. The van der Waals surface area contributed by atoms with E-state index in [1.165, 1.54) is 0 Å². The van der Waals surface area contributed by atoms with Crippen molar-refractivity contribution in [1.82, 2.24) is 10.6 Å². The second kappa shape index (κ2) is 5.05. The Morgan fingerprint density at radius 3 is 2.86 bits per heavy atom. The number of carbonyl (C=O) groups is 1. The predicted octanol–water partition coefficient (Wildman–Crippen LogP) is 2.25. The average Bonchev–Trinajstić information content (AvgIpc) is 2.47. The fourth-order valence-electron chi connectivity index (χ4n) is 0.934. The number of carbonyl (C=O) groups excluding carboxylic acids is 1. The summed E-state index contributed by atoms with van der Waals surface area (Å²) in [4.78, 5) is 11.2. The Bertz CT molecular complexity index is 310. The van der Waals surface area contributed by atoms with E-state index in [0.29, 0.717) is 11.2 Å². The molecule has 2 N–H and O–H groups in total. The molecule has 0 saturated heterocycles. The molecular formula is C9H13BrN2O2. The van der Waals surface area contributed by atoms with Gasteiger partial charge in [-0.1, -0.05) is 0 Å². The van der Waals surface area contributed by atoms with Crippen LogP contribution in [0.15, 0.2) is 21.4 Å². The van der Waals surface area contributed by atoms with E-state index in [4.69, 9.17) is 4.42 Å². The molecule has 1 aromatic heterocycles. The van der Waals surface area contributed by atoms with Gasteiger partial charge in [0.1, 0.15) is 0 Å². The molecule has 4 nitrogen and oxygen atoms in total. The summed E-state index contributed by atoms with van der Waals surface area (Å²) < 4.78 is 5.69. The molecule has 1 aromatic rings. The van der Waals surface area contributed by atoms with E-state index in [9.17, 15) is 4.79 Å². The third-order valence-electron chi connectivity index (χ3n) is 1.49. The highest BCUT2D eigenvalue weighted by Gasteiger charge is 2.03. The van der Waals surface area contributed by atoms with Crippen molar-refractivity contribution < 1.29 is 9.21 Å². The van der Waals surface area contributed by atoms with Crippen molar-refractivity contribution in [3.05, 3.63) is 22.6 Å². The van der Waals surface area contributed by atoms with E-state index >= 15 is 0 Å². The minimum atomic E-state index is -0.169. The van der Waals surface area contributed by atoms with Crippen molar-refractivity contribution >= 4 is 22.0 Å². The van der Waals surface area contributed by atoms with E-state index < -0.39 is 0 Å². The number of halogens is 1. The molecule has 0 radical (unpaired) electrons. The topological polar surface area (TPSA) is 54.3 Å². The highest BCUT2D eigenvalue weighted by Crippen LogP contribution is 2.13. The Morgan fingerprint density at radius 1 is 1.64 bits per heavy atom. The first-order chi connectivity index (χ1) is 6.58. The monoisotopic (exact) mass is 260 g/mol. The number of amides is 2. The number of hydrogen-bond acceptors (Lipinski definition) is 2. The SMILES string of the molecule is CC(C)NC(=O)NCc1coc(Br)c1. The first-order valence-electron chi connectivity index (χ1n) is 4.35. The van der Waals surface area contributed by atoms with Crippen LogP contribution in [0.1, 0.15) is 19.4 Å². The van der Waals surface area contributed by atoms with Gasteiger partial charge in [-0.05, 0) is 35.8 Å². The Hall–Kier alpha value is -0.970. The Balaban J connectivity index is 2.30. The second-order valence-electron chi connectivity index (χ2n) is 3.24. The number of urea groups is 1. The molecule has 1 heterocycles. The number of rotatable bonds is 3. The standard InChI is InChI=1S/C9H13BrN2O2/c1-6(2)12-9(13)11-4-7-3-8(10)14-5-7/h3,5-6H,4H2,1-2H3,(H2,11,12,13). The van der Waals surface area contributed by atoms with Gasteiger partial charge in [0.25, 0.3) is 0 Å². The van der Waals surface area contributed by atoms with Crippen LogP contribution in [0.4, 0.5) is 4.79 Å². The minimum Gasteiger partial charge on any atom is -0.457 e. The zero-order valence-corrected chi connectivity index (χ0v) is 9.72. The molecule has 2 amide bonds. The molecule has 0 saturated carbocycles. The van der Waals surface area contributed by atoms with Crippen LogP contribution in [-0.4, -0.2) is 12.1 Å². The predicted molar refractivity (Wildman–Crippen MR) is 56.9 cm³/mol. The number of nitrogens with one attached hydrogen (secondary N) is 2. The minimum absolute atomic E-state index is 0.145. The van der Waals surface area contributed by atoms with Crippen LogP contribution in [0.3, 0.4) is 0 Å². The van der Waals surface area contributed by atoms with E-state index in [0.717, 1.165) is 5.56 Å². The molecular weight excluding hydrogens is 248 g/mol. The average molecular weight is 261 g/mol. The molecule has 5 heteroatoms. The maximum Gasteiger partial charge on any atom is 0.315 e. The fourth-order valence-corrected chi connectivity index (χ4v) is 1.32. The molecule has 0 aliphatic carbocycles. The Kier molecular flexibility index (Phi) is 4.00. The number of hydrogen-bond donors (Lipinski definition) is 2. The summed E-state index contributed by atoms with van der Waals surface area (Å²) in [6.07, 6.45) is 1.60. The van der Waals surface area contributed by atoms with Crippen LogP contribution < -0.4 is 10.6 Å². The first kappa shape index (κ1) is 11.1. The summed E-state index contributed by atoms with van der Waals surface area (Å²) in [6, 6.07) is 1.79. The van der Waals surface area contributed by atoms with Gasteiger partial charge in [-0.15, -0.1) is 0 Å². The van der Waals surface area contributed by atoms with Crippen molar-refractivity contribution in [3.63, 3.8) is 0 Å². The molecule has 0 aliphatic rings. The third-order valence-corrected chi connectivity index (χ3v) is 1.91. The normalized spacial score (nSPS) is 10.3. The Labute approximate surface area is 91.2 Å². The lowest BCUT2D eigenvalue weighted by atomic mass is 10.3. The molecule has 0 unspecified atom stereocenters. The highest BCUT2D eigenvalue weighted by atomic mass is 79.9. The maximum absolute atomic E-state index is 11.2. The molecule has 0 atom stereocenters. The molecule has 0 fully saturated rings. The lowest BCUT2D eigenvalue weighted by molar-refractivity contribution is 0.238. The van der Waals surface area contributed by atoms with Crippen LogP contribution in [0, 0.1) is 0 Å². The van der Waals surface area contributed by atoms with Gasteiger partial charge in [-0.3, -0.25) is 0 Å². The van der Waals surface area contributed by atoms with Gasteiger partial charge in [-0.2, -0.15) is 0 Å².